The van der Waals surface area contributed by atoms with Crippen LogP contribution in [0.25, 0.3) is 0 Å². The lowest BCUT2D eigenvalue weighted by Gasteiger charge is -2.39. The molecule has 2 N–H and O–H groups in total. The molecule has 1 atom stereocenters. The Bertz CT molecular complexity index is 293. The second kappa shape index (κ2) is 4.77. The summed E-state index contributed by atoms with van der Waals surface area (Å²) in [7, 11) is 2.20. The molecule has 0 radical (unpaired) electrons. The molecule has 0 aliphatic heterocycles. The number of likely N-dealkylation sites (N-methyl/N-ethyl adjacent to an activating group) is 1. The summed E-state index contributed by atoms with van der Waals surface area (Å²) in [6.07, 6.45) is 4.04. The van der Waals surface area contributed by atoms with Crippen molar-refractivity contribution >= 4 is 0 Å². The van der Waals surface area contributed by atoms with Gasteiger partial charge in [0, 0.05) is 18.6 Å². The Morgan fingerprint density at radius 3 is 2.47 bits per heavy atom. The van der Waals surface area contributed by atoms with E-state index in [2.05, 4.69) is 42.3 Å². The minimum Gasteiger partial charge on any atom is -0.329 e. The minimum absolute atomic E-state index is 0.386. The van der Waals surface area contributed by atoms with E-state index in [9.17, 15) is 0 Å². The molecule has 15 heavy (non-hydrogen) atoms. The molecule has 1 unspecified atom stereocenters. The molecule has 0 saturated heterocycles. The smallest absolute Gasteiger partial charge is 0.0470 e. The van der Waals surface area contributed by atoms with Gasteiger partial charge in [-0.15, -0.1) is 0 Å². The van der Waals surface area contributed by atoms with Crippen LogP contribution in [0.15, 0.2) is 30.3 Å². The maximum absolute atomic E-state index is 5.88. The van der Waals surface area contributed by atoms with Gasteiger partial charge in [-0.25, -0.2) is 0 Å². The van der Waals surface area contributed by atoms with Crippen molar-refractivity contribution in [1.29, 1.82) is 0 Å². The number of nitrogens with zero attached hydrogens (tertiary/aromatic N) is 1. The summed E-state index contributed by atoms with van der Waals surface area (Å²) < 4.78 is 0. The van der Waals surface area contributed by atoms with E-state index in [4.69, 9.17) is 5.73 Å². The van der Waals surface area contributed by atoms with Gasteiger partial charge >= 0.3 is 0 Å². The van der Waals surface area contributed by atoms with E-state index in [1.165, 1.54) is 24.8 Å². The molecule has 0 spiro atoms. The largest absolute Gasteiger partial charge is 0.329 e. The minimum atomic E-state index is 0.386. The SMILES string of the molecule is CN(C1CCC1)C(CN)c1ccccc1. The maximum atomic E-state index is 5.88. The molecule has 1 aliphatic rings. The first-order chi connectivity index (χ1) is 7.33. The van der Waals surface area contributed by atoms with Gasteiger partial charge in [-0.05, 0) is 25.5 Å². The molecule has 0 heterocycles. The summed E-state index contributed by atoms with van der Waals surface area (Å²) in [6.45, 7) is 0.705. The Kier molecular flexibility index (Phi) is 3.39. The van der Waals surface area contributed by atoms with Crippen molar-refractivity contribution < 1.29 is 0 Å². The molecule has 2 heteroatoms. The topological polar surface area (TPSA) is 29.3 Å². The molecule has 0 aromatic heterocycles. The van der Waals surface area contributed by atoms with Gasteiger partial charge in [0.15, 0.2) is 0 Å². The molecule has 0 amide bonds. The monoisotopic (exact) mass is 204 g/mol. The molecule has 1 saturated carbocycles. The van der Waals surface area contributed by atoms with Crippen LogP contribution in [0.4, 0.5) is 0 Å². The predicted octanol–water partition coefficient (Wildman–Crippen LogP) is 2.17. The van der Waals surface area contributed by atoms with Crippen molar-refractivity contribution in [3.8, 4) is 0 Å². The van der Waals surface area contributed by atoms with Crippen molar-refractivity contribution in [2.24, 2.45) is 5.73 Å². The first-order valence-corrected chi connectivity index (χ1v) is 5.80. The average Bonchev–Trinajstić information content (AvgIpc) is 2.18. The first kappa shape index (κ1) is 10.7. The van der Waals surface area contributed by atoms with Gasteiger partial charge in [0.1, 0.15) is 0 Å². The van der Waals surface area contributed by atoms with Crippen LogP contribution >= 0.6 is 0 Å². The van der Waals surface area contributed by atoms with E-state index in [1.807, 2.05) is 0 Å². The van der Waals surface area contributed by atoms with E-state index in [0.717, 1.165) is 6.04 Å². The quantitative estimate of drug-likeness (QED) is 0.814. The summed E-state index contributed by atoms with van der Waals surface area (Å²) in [6, 6.07) is 11.7. The maximum Gasteiger partial charge on any atom is 0.0470 e. The number of hydrogen-bond acceptors (Lipinski definition) is 2. The Labute approximate surface area is 92.1 Å². The van der Waals surface area contributed by atoms with Gasteiger partial charge in [0.25, 0.3) is 0 Å². The van der Waals surface area contributed by atoms with Crippen molar-refractivity contribution in [2.75, 3.05) is 13.6 Å². The zero-order valence-electron chi connectivity index (χ0n) is 9.39. The van der Waals surface area contributed by atoms with E-state index < -0.39 is 0 Å². The van der Waals surface area contributed by atoms with Crippen molar-refractivity contribution in [1.82, 2.24) is 4.90 Å². The van der Waals surface area contributed by atoms with Crippen LogP contribution in [-0.4, -0.2) is 24.5 Å². The Morgan fingerprint density at radius 1 is 1.33 bits per heavy atom. The fourth-order valence-corrected chi connectivity index (χ4v) is 2.26. The predicted molar refractivity (Wildman–Crippen MR) is 63.6 cm³/mol. The van der Waals surface area contributed by atoms with Crippen LogP contribution in [0.5, 0.6) is 0 Å². The van der Waals surface area contributed by atoms with Gasteiger partial charge in [-0.1, -0.05) is 36.8 Å². The third-order valence-corrected chi connectivity index (χ3v) is 3.55. The number of benzene rings is 1. The average molecular weight is 204 g/mol. The number of rotatable bonds is 4. The van der Waals surface area contributed by atoms with Crippen LogP contribution in [-0.2, 0) is 0 Å². The zero-order valence-corrected chi connectivity index (χ0v) is 9.39. The second-order valence-corrected chi connectivity index (χ2v) is 4.41. The Balaban J connectivity index is 2.09. The third kappa shape index (κ3) is 2.21. The third-order valence-electron chi connectivity index (χ3n) is 3.55. The highest BCUT2D eigenvalue weighted by atomic mass is 15.2. The normalized spacial score (nSPS) is 18.9. The molecular formula is C13H20N2. The van der Waals surface area contributed by atoms with Crippen LogP contribution in [0.1, 0.15) is 30.9 Å². The molecule has 1 aromatic carbocycles. The van der Waals surface area contributed by atoms with Gasteiger partial charge < -0.3 is 5.73 Å². The van der Waals surface area contributed by atoms with Gasteiger partial charge in [0.05, 0.1) is 0 Å². The van der Waals surface area contributed by atoms with Gasteiger partial charge in [-0.2, -0.15) is 0 Å². The molecular weight excluding hydrogens is 184 g/mol. The highest BCUT2D eigenvalue weighted by molar-refractivity contribution is 5.19. The lowest BCUT2D eigenvalue weighted by Crippen LogP contribution is -2.42. The second-order valence-electron chi connectivity index (χ2n) is 4.41. The molecule has 82 valence electrons. The number of hydrogen-bond donors (Lipinski definition) is 1. The summed E-state index contributed by atoms with van der Waals surface area (Å²) in [5.74, 6) is 0. The molecule has 2 rings (SSSR count). The van der Waals surface area contributed by atoms with Crippen LogP contribution in [0.3, 0.4) is 0 Å². The Morgan fingerprint density at radius 2 is 2.00 bits per heavy atom. The highest BCUT2D eigenvalue weighted by Crippen LogP contribution is 2.30. The molecule has 2 nitrogen and oxygen atoms in total. The fraction of sp³-hybridized carbons (Fsp3) is 0.538. The summed E-state index contributed by atoms with van der Waals surface area (Å²) >= 11 is 0. The Hall–Kier alpha value is -0.860. The van der Waals surface area contributed by atoms with E-state index in [1.54, 1.807) is 0 Å². The lowest BCUT2D eigenvalue weighted by molar-refractivity contribution is 0.113. The van der Waals surface area contributed by atoms with Crippen LogP contribution in [0, 0.1) is 0 Å². The van der Waals surface area contributed by atoms with Crippen LogP contribution < -0.4 is 5.73 Å². The molecule has 1 aromatic rings. The van der Waals surface area contributed by atoms with E-state index >= 15 is 0 Å². The lowest BCUT2D eigenvalue weighted by atomic mass is 9.89. The van der Waals surface area contributed by atoms with Crippen molar-refractivity contribution in [2.45, 2.75) is 31.3 Å². The summed E-state index contributed by atoms with van der Waals surface area (Å²) in [5.41, 5.74) is 7.22. The zero-order chi connectivity index (χ0) is 10.7. The van der Waals surface area contributed by atoms with E-state index in [-0.39, 0.29) is 0 Å². The molecule has 1 fully saturated rings. The van der Waals surface area contributed by atoms with E-state index in [0.29, 0.717) is 12.6 Å². The van der Waals surface area contributed by atoms with Crippen molar-refractivity contribution in [3.63, 3.8) is 0 Å². The van der Waals surface area contributed by atoms with Crippen LogP contribution in [0.2, 0.25) is 0 Å². The summed E-state index contributed by atoms with van der Waals surface area (Å²) in [4.78, 5) is 2.44. The summed E-state index contributed by atoms with van der Waals surface area (Å²) in [5, 5.41) is 0. The first-order valence-electron chi connectivity index (χ1n) is 5.80. The highest BCUT2D eigenvalue weighted by Gasteiger charge is 2.27. The molecule has 1 aliphatic carbocycles. The van der Waals surface area contributed by atoms with Gasteiger partial charge in [-0.3, -0.25) is 4.90 Å². The van der Waals surface area contributed by atoms with Crippen molar-refractivity contribution in [3.05, 3.63) is 35.9 Å². The molecule has 0 bridgehead atoms. The van der Waals surface area contributed by atoms with Gasteiger partial charge in [0.2, 0.25) is 0 Å². The number of nitrogens with two attached hydrogens (primary N) is 1. The fourth-order valence-electron chi connectivity index (χ4n) is 2.26. The standard InChI is InChI=1S/C13H20N2/c1-15(12-8-5-9-12)13(10-14)11-6-3-2-4-7-11/h2-4,6-7,12-13H,5,8-10,14H2,1H3.